The molecule has 8 heteroatoms. The lowest BCUT2D eigenvalue weighted by Crippen LogP contribution is -2.27. The van der Waals surface area contributed by atoms with E-state index in [1.165, 1.54) is 27.8 Å². The summed E-state index contributed by atoms with van der Waals surface area (Å²) in [6.45, 7) is 5.38. The fourth-order valence-electron chi connectivity index (χ4n) is 2.97. The average molecular weight is 420 g/mol. The maximum atomic E-state index is 12.5. The Morgan fingerprint density at radius 1 is 1.14 bits per heavy atom. The predicted octanol–water partition coefficient (Wildman–Crippen LogP) is 3.72. The second-order valence-electron chi connectivity index (χ2n) is 7.06. The Bertz CT molecular complexity index is 905. The number of rotatable bonds is 7. The summed E-state index contributed by atoms with van der Waals surface area (Å²) in [5.41, 5.74) is 1.98. The Balaban J connectivity index is 1.53. The van der Waals surface area contributed by atoms with Crippen LogP contribution in [0.1, 0.15) is 38.2 Å². The maximum absolute atomic E-state index is 12.5. The number of amides is 1. The molecule has 0 radical (unpaired) electrons. The Hall–Kier alpha value is -1.90. The molecule has 2 aromatic rings. The standard InChI is InChI=1S/C20H25N3O3S2/c1-15(2)16-5-7-17(8-6-16)22-19(24)14-27-20-10-9-18(13-21-20)28(25,26)23-11-3-4-12-23/h5-10,13,15H,3-4,11-12,14H2,1-2H3,(H,22,24). The summed E-state index contributed by atoms with van der Waals surface area (Å²) in [6.07, 6.45) is 3.17. The van der Waals surface area contributed by atoms with E-state index in [4.69, 9.17) is 0 Å². The number of aromatic nitrogens is 1. The van der Waals surface area contributed by atoms with Crippen LogP contribution in [0.15, 0.2) is 52.5 Å². The smallest absolute Gasteiger partial charge is 0.244 e. The molecule has 28 heavy (non-hydrogen) atoms. The van der Waals surface area contributed by atoms with Gasteiger partial charge in [-0.1, -0.05) is 37.7 Å². The number of hydrogen-bond donors (Lipinski definition) is 1. The number of nitrogens with one attached hydrogen (secondary N) is 1. The summed E-state index contributed by atoms with van der Waals surface area (Å²) in [5, 5.41) is 3.48. The molecule has 0 aliphatic carbocycles. The van der Waals surface area contributed by atoms with E-state index >= 15 is 0 Å². The molecule has 3 rings (SSSR count). The molecule has 0 unspecified atom stereocenters. The van der Waals surface area contributed by atoms with E-state index in [0.29, 0.717) is 24.0 Å². The molecule has 1 aromatic carbocycles. The van der Waals surface area contributed by atoms with E-state index in [2.05, 4.69) is 24.1 Å². The number of carbonyl (C=O) groups is 1. The van der Waals surface area contributed by atoms with Gasteiger partial charge in [0.2, 0.25) is 15.9 Å². The molecular formula is C20H25N3O3S2. The Morgan fingerprint density at radius 3 is 2.39 bits per heavy atom. The first-order chi connectivity index (χ1) is 13.4. The third kappa shape index (κ3) is 5.12. The summed E-state index contributed by atoms with van der Waals surface area (Å²) >= 11 is 1.28. The van der Waals surface area contributed by atoms with Crippen LogP contribution in [0.5, 0.6) is 0 Å². The van der Waals surface area contributed by atoms with Crippen LogP contribution >= 0.6 is 11.8 Å². The maximum Gasteiger partial charge on any atom is 0.244 e. The summed E-state index contributed by atoms with van der Waals surface area (Å²) < 4.78 is 26.5. The van der Waals surface area contributed by atoms with Gasteiger partial charge < -0.3 is 5.32 Å². The second kappa shape index (κ2) is 9.07. The van der Waals surface area contributed by atoms with E-state index in [1.807, 2.05) is 24.3 Å². The van der Waals surface area contributed by atoms with Crippen molar-refractivity contribution in [3.8, 4) is 0 Å². The van der Waals surface area contributed by atoms with Gasteiger partial charge in [0.1, 0.15) is 4.90 Å². The van der Waals surface area contributed by atoms with Crippen LogP contribution in [0.3, 0.4) is 0 Å². The molecule has 0 bridgehead atoms. The van der Waals surface area contributed by atoms with Crippen LogP contribution in [0, 0.1) is 0 Å². The van der Waals surface area contributed by atoms with Crippen molar-refractivity contribution in [3.05, 3.63) is 48.2 Å². The highest BCUT2D eigenvalue weighted by atomic mass is 32.2. The van der Waals surface area contributed by atoms with Crippen molar-refractivity contribution < 1.29 is 13.2 Å². The van der Waals surface area contributed by atoms with Gasteiger partial charge in [-0.3, -0.25) is 4.79 Å². The van der Waals surface area contributed by atoms with E-state index in [1.54, 1.807) is 12.1 Å². The molecule has 1 aromatic heterocycles. The molecule has 1 aliphatic heterocycles. The van der Waals surface area contributed by atoms with Crippen LogP contribution < -0.4 is 5.32 Å². The van der Waals surface area contributed by atoms with Crippen molar-refractivity contribution in [2.75, 3.05) is 24.2 Å². The van der Waals surface area contributed by atoms with Gasteiger partial charge in [-0.15, -0.1) is 0 Å². The molecule has 1 saturated heterocycles. The lowest BCUT2D eigenvalue weighted by Gasteiger charge is -2.15. The molecule has 1 N–H and O–H groups in total. The van der Waals surface area contributed by atoms with Crippen LogP contribution in [-0.4, -0.2) is 42.5 Å². The van der Waals surface area contributed by atoms with Gasteiger partial charge in [-0.05, 0) is 48.6 Å². The molecule has 2 heterocycles. The van der Waals surface area contributed by atoms with Gasteiger partial charge in [0.25, 0.3) is 0 Å². The minimum Gasteiger partial charge on any atom is -0.325 e. The lowest BCUT2D eigenvalue weighted by atomic mass is 10.0. The Labute approximate surface area is 170 Å². The van der Waals surface area contributed by atoms with E-state index in [9.17, 15) is 13.2 Å². The van der Waals surface area contributed by atoms with E-state index < -0.39 is 10.0 Å². The van der Waals surface area contributed by atoms with Gasteiger partial charge >= 0.3 is 0 Å². The molecule has 0 atom stereocenters. The Kier molecular flexibility index (Phi) is 6.74. The first kappa shape index (κ1) is 20.8. The van der Waals surface area contributed by atoms with Crippen molar-refractivity contribution in [1.29, 1.82) is 0 Å². The number of anilines is 1. The normalized spacial score (nSPS) is 15.1. The molecule has 0 spiro atoms. The number of sulfonamides is 1. The van der Waals surface area contributed by atoms with Crippen molar-refractivity contribution in [2.45, 2.75) is 42.5 Å². The van der Waals surface area contributed by atoms with Crippen molar-refractivity contribution in [3.63, 3.8) is 0 Å². The molecule has 6 nitrogen and oxygen atoms in total. The largest absolute Gasteiger partial charge is 0.325 e. The molecular weight excluding hydrogens is 394 g/mol. The highest BCUT2D eigenvalue weighted by Crippen LogP contribution is 2.23. The van der Waals surface area contributed by atoms with E-state index in [-0.39, 0.29) is 16.6 Å². The van der Waals surface area contributed by atoms with Crippen molar-refractivity contribution in [2.24, 2.45) is 0 Å². The first-order valence-corrected chi connectivity index (χ1v) is 11.8. The monoisotopic (exact) mass is 419 g/mol. The number of nitrogens with zero attached hydrogens (tertiary/aromatic N) is 2. The van der Waals surface area contributed by atoms with Gasteiger partial charge in [-0.25, -0.2) is 13.4 Å². The SMILES string of the molecule is CC(C)c1ccc(NC(=O)CSc2ccc(S(=O)(=O)N3CCCC3)cn2)cc1. The molecule has 1 amide bonds. The van der Waals surface area contributed by atoms with Gasteiger partial charge in [-0.2, -0.15) is 4.31 Å². The quantitative estimate of drug-likeness (QED) is 0.692. The number of thioether (sulfide) groups is 1. The summed E-state index contributed by atoms with van der Waals surface area (Å²) in [7, 11) is -3.45. The molecule has 0 saturated carbocycles. The zero-order chi connectivity index (χ0) is 20.1. The Morgan fingerprint density at radius 2 is 1.82 bits per heavy atom. The number of benzene rings is 1. The predicted molar refractivity (Wildman–Crippen MR) is 112 cm³/mol. The van der Waals surface area contributed by atoms with Crippen molar-refractivity contribution in [1.82, 2.24) is 9.29 Å². The van der Waals surface area contributed by atoms with Crippen LogP contribution in [-0.2, 0) is 14.8 Å². The molecule has 1 fully saturated rings. The first-order valence-electron chi connectivity index (χ1n) is 9.35. The summed E-state index contributed by atoms with van der Waals surface area (Å²) in [5.74, 6) is 0.526. The van der Waals surface area contributed by atoms with Crippen LogP contribution in [0.4, 0.5) is 5.69 Å². The van der Waals surface area contributed by atoms with E-state index in [0.717, 1.165) is 18.5 Å². The van der Waals surface area contributed by atoms with Crippen molar-refractivity contribution >= 4 is 33.4 Å². The zero-order valence-electron chi connectivity index (χ0n) is 16.1. The number of hydrogen-bond acceptors (Lipinski definition) is 5. The minimum absolute atomic E-state index is 0.127. The molecule has 150 valence electrons. The highest BCUT2D eigenvalue weighted by molar-refractivity contribution is 7.99. The van der Waals surface area contributed by atoms with Crippen LogP contribution in [0.2, 0.25) is 0 Å². The topological polar surface area (TPSA) is 79.4 Å². The fourth-order valence-corrected chi connectivity index (χ4v) is 5.08. The summed E-state index contributed by atoms with van der Waals surface area (Å²) in [6, 6.07) is 11.0. The number of pyridine rings is 1. The summed E-state index contributed by atoms with van der Waals surface area (Å²) in [4.78, 5) is 16.5. The third-order valence-corrected chi connectivity index (χ3v) is 7.45. The van der Waals surface area contributed by atoms with Gasteiger partial charge in [0, 0.05) is 25.0 Å². The minimum atomic E-state index is -3.45. The fraction of sp³-hybridized carbons (Fsp3) is 0.400. The zero-order valence-corrected chi connectivity index (χ0v) is 17.7. The van der Waals surface area contributed by atoms with Gasteiger partial charge in [0.05, 0.1) is 10.8 Å². The van der Waals surface area contributed by atoms with Gasteiger partial charge in [0.15, 0.2) is 0 Å². The van der Waals surface area contributed by atoms with Crippen LogP contribution in [0.25, 0.3) is 0 Å². The molecule has 1 aliphatic rings. The third-order valence-electron chi connectivity index (χ3n) is 4.62. The average Bonchev–Trinajstić information content (AvgIpc) is 3.23. The lowest BCUT2D eigenvalue weighted by molar-refractivity contribution is -0.113. The second-order valence-corrected chi connectivity index (χ2v) is 9.99. The highest BCUT2D eigenvalue weighted by Gasteiger charge is 2.27. The number of carbonyl (C=O) groups excluding carboxylic acids is 1.